The van der Waals surface area contributed by atoms with Crippen molar-refractivity contribution in [3.63, 3.8) is 0 Å². The van der Waals surface area contributed by atoms with E-state index in [4.69, 9.17) is 4.74 Å². The third-order valence-corrected chi connectivity index (χ3v) is 4.34. The van der Waals surface area contributed by atoms with Crippen LogP contribution in [0.2, 0.25) is 0 Å². The van der Waals surface area contributed by atoms with E-state index in [-0.39, 0.29) is 46.5 Å². The highest BCUT2D eigenvalue weighted by Gasteiger charge is 2.33. The van der Waals surface area contributed by atoms with E-state index in [2.05, 4.69) is 0 Å². The van der Waals surface area contributed by atoms with Crippen molar-refractivity contribution < 1.29 is 30.0 Å². The van der Waals surface area contributed by atoms with Gasteiger partial charge in [-0.25, -0.2) is 0 Å². The Morgan fingerprint density at radius 1 is 1.08 bits per heavy atom. The van der Waals surface area contributed by atoms with E-state index in [1.54, 1.807) is 6.07 Å². The Hall–Kier alpha value is -3.15. The molecular weight excluding hydrogens is 336 g/mol. The molecule has 2 aromatic carbocycles. The van der Waals surface area contributed by atoms with Gasteiger partial charge in [0.15, 0.2) is 17.3 Å². The number of carbonyl (C=O) groups excluding carboxylic acids is 1. The normalized spacial score (nSPS) is 15.9. The van der Waals surface area contributed by atoms with Gasteiger partial charge in [0, 0.05) is 11.6 Å². The van der Waals surface area contributed by atoms with Crippen molar-refractivity contribution >= 4 is 5.78 Å². The van der Waals surface area contributed by atoms with Crippen molar-refractivity contribution in [3.8, 4) is 28.7 Å². The smallest absolute Gasteiger partial charge is 0.174 e. The third-order valence-electron chi connectivity index (χ3n) is 4.34. The predicted molar refractivity (Wildman–Crippen MR) is 95.0 cm³/mol. The lowest BCUT2D eigenvalue weighted by atomic mass is 9.92. The zero-order chi connectivity index (χ0) is 19.0. The Balaban J connectivity index is 2.08. The van der Waals surface area contributed by atoms with Crippen LogP contribution in [-0.4, -0.2) is 26.2 Å². The lowest BCUT2D eigenvalue weighted by Crippen LogP contribution is -2.21. The monoisotopic (exact) mass is 356 g/mol. The van der Waals surface area contributed by atoms with Gasteiger partial charge in [0.2, 0.25) is 0 Å². The van der Waals surface area contributed by atoms with Gasteiger partial charge in [0.1, 0.15) is 28.9 Å². The van der Waals surface area contributed by atoms with Crippen molar-refractivity contribution in [1.82, 2.24) is 0 Å². The van der Waals surface area contributed by atoms with Gasteiger partial charge in [-0.3, -0.25) is 4.79 Å². The van der Waals surface area contributed by atoms with E-state index in [1.807, 2.05) is 19.9 Å². The van der Waals surface area contributed by atoms with E-state index < -0.39 is 6.10 Å². The maximum absolute atomic E-state index is 12.6. The summed E-state index contributed by atoms with van der Waals surface area (Å²) in [6, 6.07) is 5.35. The van der Waals surface area contributed by atoms with E-state index in [1.165, 1.54) is 12.1 Å². The second kappa shape index (κ2) is 6.63. The minimum atomic E-state index is -0.701. The molecule has 3 rings (SSSR count). The van der Waals surface area contributed by atoms with Gasteiger partial charge >= 0.3 is 0 Å². The molecule has 1 atom stereocenters. The SMILES string of the molecule is CC(C)=CCc1c(O)cc(O)c2c1O[C@H](c1ccc(O)c(O)c1)CC2=O. The number of aromatic hydroxyl groups is 4. The molecule has 0 bridgehead atoms. The average Bonchev–Trinajstić information content (AvgIpc) is 2.56. The first-order valence-corrected chi connectivity index (χ1v) is 8.20. The Labute approximate surface area is 150 Å². The summed E-state index contributed by atoms with van der Waals surface area (Å²) in [4.78, 5) is 12.6. The topological polar surface area (TPSA) is 107 Å². The van der Waals surface area contributed by atoms with E-state index in [9.17, 15) is 25.2 Å². The quantitative estimate of drug-likeness (QED) is 0.493. The number of ketones is 1. The van der Waals surface area contributed by atoms with Crippen LogP contribution in [0.1, 0.15) is 47.9 Å². The molecule has 6 nitrogen and oxygen atoms in total. The van der Waals surface area contributed by atoms with Gasteiger partial charge in [0.25, 0.3) is 0 Å². The third kappa shape index (κ3) is 3.18. The minimum absolute atomic E-state index is 0.0301. The number of benzene rings is 2. The van der Waals surface area contributed by atoms with E-state index in [0.717, 1.165) is 11.6 Å². The van der Waals surface area contributed by atoms with Crippen LogP contribution < -0.4 is 4.74 Å². The number of hydrogen-bond acceptors (Lipinski definition) is 6. The highest BCUT2D eigenvalue weighted by molar-refractivity contribution is 6.03. The number of carbonyl (C=O) groups is 1. The molecule has 1 heterocycles. The fourth-order valence-corrected chi connectivity index (χ4v) is 2.96. The molecule has 0 spiro atoms. The van der Waals surface area contributed by atoms with Crippen molar-refractivity contribution in [3.05, 3.63) is 52.6 Å². The van der Waals surface area contributed by atoms with Gasteiger partial charge < -0.3 is 25.2 Å². The Morgan fingerprint density at radius 2 is 1.81 bits per heavy atom. The molecule has 0 amide bonds. The van der Waals surface area contributed by atoms with E-state index in [0.29, 0.717) is 17.5 Å². The molecular formula is C20H20O6. The first-order chi connectivity index (χ1) is 12.3. The average molecular weight is 356 g/mol. The minimum Gasteiger partial charge on any atom is -0.507 e. The molecule has 0 radical (unpaired) electrons. The first-order valence-electron chi connectivity index (χ1n) is 8.20. The molecule has 0 unspecified atom stereocenters. The summed E-state index contributed by atoms with van der Waals surface area (Å²) >= 11 is 0. The Morgan fingerprint density at radius 3 is 2.46 bits per heavy atom. The number of phenols is 4. The number of hydrogen-bond donors (Lipinski definition) is 4. The number of allylic oxidation sites excluding steroid dienone is 2. The zero-order valence-electron chi connectivity index (χ0n) is 14.5. The number of phenolic OH excluding ortho intramolecular Hbond substituents is 4. The van der Waals surface area contributed by atoms with E-state index >= 15 is 0 Å². The molecule has 4 N–H and O–H groups in total. The van der Waals surface area contributed by atoms with Gasteiger partial charge in [-0.05, 0) is 38.0 Å². The van der Waals surface area contributed by atoms with Crippen LogP contribution in [-0.2, 0) is 6.42 Å². The van der Waals surface area contributed by atoms with Crippen molar-refractivity contribution in [1.29, 1.82) is 0 Å². The summed E-state index contributed by atoms with van der Waals surface area (Å²) in [6.45, 7) is 3.83. The summed E-state index contributed by atoms with van der Waals surface area (Å²) in [5.74, 6) is -1.23. The van der Waals surface area contributed by atoms with Crippen LogP contribution in [0.25, 0.3) is 0 Å². The van der Waals surface area contributed by atoms with Crippen LogP contribution in [0.3, 0.4) is 0 Å². The second-order valence-corrected chi connectivity index (χ2v) is 6.57. The van der Waals surface area contributed by atoms with Crippen LogP contribution in [0, 0.1) is 0 Å². The number of Topliss-reactive ketones (excluding diaryl/α,β-unsaturated/α-hetero) is 1. The molecule has 1 aliphatic rings. The fraction of sp³-hybridized carbons (Fsp3) is 0.250. The molecule has 136 valence electrons. The molecule has 0 fully saturated rings. The van der Waals surface area contributed by atoms with Crippen LogP contribution >= 0.6 is 0 Å². The summed E-state index contributed by atoms with van der Waals surface area (Å²) in [6.07, 6.45) is 1.50. The zero-order valence-corrected chi connectivity index (χ0v) is 14.5. The maximum atomic E-state index is 12.6. The summed E-state index contributed by atoms with van der Waals surface area (Å²) < 4.78 is 5.95. The van der Waals surface area contributed by atoms with Gasteiger partial charge in [0.05, 0.1) is 6.42 Å². The Kier molecular flexibility index (Phi) is 4.50. The highest BCUT2D eigenvalue weighted by atomic mass is 16.5. The molecule has 1 aliphatic heterocycles. The molecule has 0 saturated heterocycles. The van der Waals surface area contributed by atoms with Crippen LogP contribution in [0.15, 0.2) is 35.9 Å². The lowest BCUT2D eigenvalue weighted by molar-refractivity contribution is 0.0842. The molecule has 0 aliphatic carbocycles. The predicted octanol–water partition coefficient (Wildman–Crippen LogP) is 3.72. The van der Waals surface area contributed by atoms with Crippen molar-refractivity contribution in [2.24, 2.45) is 0 Å². The number of fused-ring (bicyclic) bond motifs is 1. The largest absolute Gasteiger partial charge is 0.507 e. The second-order valence-electron chi connectivity index (χ2n) is 6.57. The van der Waals surface area contributed by atoms with Crippen molar-refractivity contribution in [2.45, 2.75) is 32.8 Å². The summed E-state index contributed by atoms with van der Waals surface area (Å²) in [5.41, 5.74) is 2.02. The fourth-order valence-electron chi connectivity index (χ4n) is 2.96. The standard InChI is InChI=1S/C20H20O6/c1-10(2)3-5-12-14(22)8-16(24)19-17(25)9-18(26-20(12)19)11-4-6-13(21)15(23)7-11/h3-4,6-8,18,21-24H,5,9H2,1-2H3/t18-/m0/s1. The molecule has 0 saturated carbocycles. The van der Waals surface area contributed by atoms with Gasteiger partial charge in [-0.2, -0.15) is 0 Å². The van der Waals surface area contributed by atoms with Crippen LogP contribution in [0.4, 0.5) is 0 Å². The van der Waals surface area contributed by atoms with Gasteiger partial charge in [-0.15, -0.1) is 0 Å². The molecule has 26 heavy (non-hydrogen) atoms. The molecule has 0 aromatic heterocycles. The Bertz CT molecular complexity index is 909. The molecule has 2 aromatic rings. The maximum Gasteiger partial charge on any atom is 0.174 e. The first kappa shape index (κ1) is 17.7. The van der Waals surface area contributed by atoms with Crippen LogP contribution in [0.5, 0.6) is 28.7 Å². The van der Waals surface area contributed by atoms with Gasteiger partial charge in [-0.1, -0.05) is 17.7 Å². The summed E-state index contributed by atoms with van der Waals surface area (Å²) in [5, 5.41) is 39.5. The highest BCUT2D eigenvalue weighted by Crippen LogP contribution is 2.46. The lowest BCUT2D eigenvalue weighted by Gasteiger charge is -2.28. The summed E-state index contributed by atoms with van der Waals surface area (Å²) in [7, 11) is 0. The number of ether oxygens (including phenoxy) is 1. The molecule has 6 heteroatoms. The number of rotatable bonds is 3. The van der Waals surface area contributed by atoms with Crippen molar-refractivity contribution in [2.75, 3.05) is 0 Å².